The van der Waals surface area contributed by atoms with Gasteiger partial charge in [0, 0.05) is 42.5 Å². The third kappa shape index (κ3) is 5.19. The molecule has 1 aromatic heterocycles. The van der Waals surface area contributed by atoms with E-state index in [-0.39, 0.29) is 0 Å². The van der Waals surface area contributed by atoms with E-state index in [1.165, 1.54) is 31.7 Å². The normalized spacial score (nSPS) is 14.7. The largest absolute Gasteiger partial charge is 0.372 e. The van der Waals surface area contributed by atoms with Crippen LogP contribution in [0.25, 0.3) is 0 Å². The van der Waals surface area contributed by atoms with Gasteiger partial charge in [-0.25, -0.2) is 8.42 Å². The van der Waals surface area contributed by atoms with E-state index in [1.807, 2.05) is 12.1 Å². The summed E-state index contributed by atoms with van der Waals surface area (Å²) in [6, 6.07) is 10.4. The summed E-state index contributed by atoms with van der Waals surface area (Å²) in [5, 5.41) is 2.53. The van der Waals surface area contributed by atoms with Gasteiger partial charge in [0.1, 0.15) is 5.75 Å². The van der Waals surface area contributed by atoms with Crippen LogP contribution in [0.4, 0.5) is 17.1 Å². The summed E-state index contributed by atoms with van der Waals surface area (Å²) in [4.78, 5) is 18.1. The van der Waals surface area contributed by atoms with Gasteiger partial charge in [-0.2, -0.15) is 0 Å². The van der Waals surface area contributed by atoms with Crippen molar-refractivity contribution in [2.45, 2.75) is 19.3 Å². The molecule has 7 nitrogen and oxygen atoms in total. The molecule has 1 amide bonds. The highest BCUT2D eigenvalue weighted by atomic mass is 32.2. The maximum atomic E-state index is 12.2. The molecular formula is C18H22N4O3S. The van der Waals surface area contributed by atoms with E-state index >= 15 is 0 Å². The zero-order valence-corrected chi connectivity index (χ0v) is 15.2. The molecule has 2 heterocycles. The molecule has 1 fully saturated rings. The Morgan fingerprint density at radius 3 is 2.27 bits per heavy atom. The van der Waals surface area contributed by atoms with E-state index in [0.717, 1.165) is 18.8 Å². The van der Waals surface area contributed by atoms with Crippen molar-refractivity contribution in [2.75, 3.05) is 33.8 Å². The molecule has 0 radical (unpaired) electrons. The number of amides is 1. The first kappa shape index (κ1) is 18.2. The van der Waals surface area contributed by atoms with E-state index < -0.39 is 21.7 Å². The Balaban J connectivity index is 1.57. The van der Waals surface area contributed by atoms with Gasteiger partial charge in [-0.1, -0.05) is 0 Å². The third-order valence-electron chi connectivity index (χ3n) is 4.15. The quantitative estimate of drug-likeness (QED) is 0.810. The van der Waals surface area contributed by atoms with Gasteiger partial charge in [-0.05, 0) is 55.7 Å². The Bertz CT molecular complexity index is 832. The van der Waals surface area contributed by atoms with Gasteiger partial charge in [0.15, 0.2) is 0 Å². The first-order valence-corrected chi connectivity index (χ1v) is 10.2. The summed E-state index contributed by atoms with van der Waals surface area (Å²) in [5.74, 6) is -1.25. The number of aromatic nitrogens is 1. The fourth-order valence-electron chi connectivity index (χ4n) is 2.91. The SMILES string of the molecule is O=C(CS(=O)(=O)Nc1ccc(N2CCCCC2)cc1)Nc1ccncc1. The van der Waals surface area contributed by atoms with Gasteiger partial charge in [0.05, 0.1) is 0 Å². The minimum atomic E-state index is -3.78. The number of rotatable bonds is 6. The molecule has 1 aromatic carbocycles. The number of benzene rings is 1. The zero-order valence-electron chi connectivity index (χ0n) is 14.4. The summed E-state index contributed by atoms with van der Waals surface area (Å²) < 4.78 is 26.8. The first-order chi connectivity index (χ1) is 12.5. The lowest BCUT2D eigenvalue weighted by Gasteiger charge is -2.28. The van der Waals surface area contributed by atoms with Crippen LogP contribution in [0, 0.1) is 0 Å². The second kappa shape index (κ2) is 8.18. The second-order valence-electron chi connectivity index (χ2n) is 6.24. The molecule has 1 aliphatic heterocycles. The number of sulfonamides is 1. The number of carbonyl (C=O) groups excluding carboxylic acids is 1. The maximum Gasteiger partial charge on any atom is 0.241 e. The monoisotopic (exact) mass is 374 g/mol. The minimum Gasteiger partial charge on any atom is -0.372 e. The molecule has 0 bridgehead atoms. The van der Waals surface area contributed by atoms with Crippen LogP contribution in [0.2, 0.25) is 0 Å². The van der Waals surface area contributed by atoms with E-state index in [9.17, 15) is 13.2 Å². The number of piperidine rings is 1. The molecule has 0 atom stereocenters. The number of carbonyl (C=O) groups is 1. The van der Waals surface area contributed by atoms with E-state index in [2.05, 4.69) is 19.9 Å². The molecule has 0 unspecified atom stereocenters. The molecule has 2 aromatic rings. The van der Waals surface area contributed by atoms with Crippen LogP contribution < -0.4 is 14.9 Å². The Morgan fingerprint density at radius 2 is 1.62 bits per heavy atom. The van der Waals surface area contributed by atoms with Gasteiger partial charge >= 0.3 is 0 Å². The lowest BCUT2D eigenvalue weighted by molar-refractivity contribution is -0.113. The molecule has 3 rings (SSSR count). The minimum absolute atomic E-state index is 0.447. The highest BCUT2D eigenvalue weighted by Crippen LogP contribution is 2.22. The molecule has 0 aliphatic carbocycles. The van der Waals surface area contributed by atoms with Crippen molar-refractivity contribution in [1.82, 2.24) is 4.98 Å². The van der Waals surface area contributed by atoms with Crippen molar-refractivity contribution >= 4 is 33.0 Å². The Hall–Kier alpha value is -2.61. The van der Waals surface area contributed by atoms with Gasteiger partial charge in [0.2, 0.25) is 15.9 Å². The molecule has 1 saturated heterocycles. The van der Waals surface area contributed by atoms with Crippen LogP contribution in [0.1, 0.15) is 19.3 Å². The van der Waals surface area contributed by atoms with Gasteiger partial charge in [-0.3, -0.25) is 14.5 Å². The summed E-state index contributed by atoms with van der Waals surface area (Å²) in [7, 11) is -3.78. The summed E-state index contributed by atoms with van der Waals surface area (Å²) in [6.45, 7) is 2.06. The average Bonchev–Trinajstić information content (AvgIpc) is 2.63. The molecule has 26 heavy (non-hydrogen) atoms. The molecule has 2 N–H and O–H groups in total. The third-order valence-corrected chi connectivity index (χ3v) is 5.34. The number of anilines is 3. The summed E-state index contributed by atoms with van der Waals surface area (Å²) in [5.41, 5.74) is 2.04. The summed E-state index contributed by atoms with van der Waals surface area (Å²) in [6.07, 6.45) is 6.66. The maximum absolute atomic E-state index is 12.2. The molecular weight excluding hydrogens is 352 g/mol. The second-order valence-corrected chi connectivity index (χ2v) is 7.96. The molecule has 1 aliphatic rings. The Morgan fingerprint density at radius 1 is 0.962 bits per heavy atom. The van der Waals surface area contributed by atoms with Crippen molar-refractivity contribution < 1.29 is 13.2 Å². The standard InChI is InChI=1S/C18H22N4O3S/c23-18(20-15-8-10-19-11-9-15)14-26(24,25)21-16-4-6-17(7-5-16)22-12-2-1-3-13-22/h4-11,21H,1-3,12-14H2,(H,19,20,23). The van der Waals surface area contributed by atoms with E-state index in [1.54, 1.807) is 24.3 Å². The van der Waals surface area contributed by atoms with Crippen LogP contribution in [0.5, 0.6) is 0 Å². The Kier molecular flexibility index (Phi) is 5.72. The number of nitrogens with one attached hydrogen (secondary N) is 2. The fraction of sp³-hybridized carbons (Fsp3) is 0.333. The van der Waals surface area contributed by atoms with Crippen LogP contribution in [-0.2, 0) is 14.8 Å². The van der Waals surface area contributed by atoms with E-state index in [0.29, 0.717) is 11.4 Å². The smallest absolute Gasteiger partial charge is 0.241 e. The van der Waals surface area contributed by atoms with Crippen LogP contribution in [0.3, 0.4) is 0 Å². The average molecular weight is 374 g/mol. The van der Waals surface area contributed by atoms with Crippen molar-refractivity contribution in [3.05, 3.63) is 48.8 Å². The Labute approximate surface area is 153 Å². The summed E-state index contributed by atoms with van der Waals surface area (Å²) >= 11 is 0. The van der Waals surface area contributed by atoms with Crippen LogP contribution in [-0.4, -0.2) is 38.2 Å². The highest BCUT2D eigenvalue weighted by Gasteiger charge is 2.17. The van der Waals surface area contributed by atoms with Crippen molar-refractivity contribution in [3.63, 3.8) is 0 Å². The van der Waals surface area contributed by atoms with Crippen LogP contribution in [0.15, 0.2) is 48.8 Å². The number of pyridine rings is 1. The fourth-order valence-corrected chi connectivity index (χ4v) is 3.90. The topological polar surface area (TPSA) is 91.4 Å². The molecule has 0 saturated carbocycles. The number of hydrogen-bond acceptors (Lipinski definition) is 5. The zero-order chi connectivity index (χ0) is 18.4. The van der Waals surface area contributed by atoms with Crippen molar-refractivity contribution in [1.29, 1.82) is 0 Å². The van der Waals surface area contributed by atoms with Gasteiger partial charge in [-0.15, -0.1) is 0 Å². The van der Waals surface area contributed by atoms with Crippen molar-refractivity contribution in [2.24, 2.45) is 0 Å². The number of hydrogen-bond donors (Lipinski definition) is 2. The van der Waals surface area contributed by atoms with Crippen molar-refractivity contribution in [3.8, 4) is 0 Å². The van der Waals surface area contributed by atoms with Gasteiger partial charge in [0.25, 0.3) is 0 Å². The van der Waals surface area contributed by atoms with E-state index in [4.69, 9.17) is 0 Å². The lowest BCUT2D eigenvalue weighted by atomic mass is 10.1. The van der Waals surface area contributed by atoms with Crippen LogP contribution >= 0.6 is 0 Å². The lowest BCUT2D eigenvalue weighted by Crippen LogP contribution is -2.29. The first-order valence-electron chi connectivity index (χ1n) is 8.57. The highest BCUT2D eigenvalue weighted by molar-refractivity contribution is 7.93. The number of nitrogens with zero attached hydrogens (tertiary/aromatic N) is 2. The predicted molar refractivity (Wildman–Crippen MR) is 103 cm³/mol. The molecule has 0 spiro atoms. The molecule has 138 valence electrons. The molecule has 8 heteroatoms. The predicted octanol–water partition coefficient (Wildman–Crippen LogP) is 2.45. The van der Waals surface area contributed by atoms with Gasteiger partial charge < -0.3 is 10.2 Å².